The lowest BCUT2D eigenvalue weighted by Crippen LogP contribution is -2.16. The van der Waals surface area contributed by atoms with Crippen LogP contribution in [-0.2, 0) is 11.3 Å². The maximum Gasteiger partial charge on any atom is 0.338 e. The Morgan fingerprint density at radius 1 is 1.03 bits per heavy atom. The summed E-state index contributed by atoms with van der Waals surface area (Å²) >= 11 is 1.29. The largest absolute Gasteiger partial charge is 0.490 e. The third kappa shape index (κ3) is 4.70. The summed E-state index contributed by atoms with van der Waals surface area (Å²) in [7, 11) is 0. The SMILES string of the molecule is CCOc1cc(C(=O)OCc2cc(=O)n3nc(C)sc3n2)cc(OCC)c1OCC. The van der Waals surface area contributed by atoms with E-state index in [1.165, 1.54) is 21.9 Å². The predicted octanol–water partition coefficient (Wildman–Crippen LogP) is 3.01. The van der Waals surface area contributed by atoms with Gasteiger partial charge in [0.25, 0.3) is 5.56 Å². The first-order valence-electron chi connectivity index (χ1n) is 9.56. The molecule has 2 aromatic heterocycles. The summed E-state index contributed by atoms with van der Waals surface area (Å²) in [5, 5.41) is 4.80. The molecule has 0 fully saturated rings. The molecule has 0 saturated heterocycles. The first-order valence-corrected chi connectivity index (χ1v) is 10.4. The summed E-state index contributed by atoms with van der Waals surface area (Å²) in [6.07, 6.45) is 0. The van der Waals surface area contributed by atoms with Gasteiger partial charge in [0.1, 0.15) is 11.6 Å². The average molecular weight is 433 g/mol. The highest BCUT2D eigenvalue weighted by Gasteiger charge is 2.19. The van der Waals surface area contributed by atoms with E-state index in [1.54, 1.807) is 19.1 Å². The molecule has 0 spiro atoms. The van der Waals surface area contributed by atoms with Crippen molar-refractivity contribution in [3.63, 3.8) is 0 Å². The number of aryl methyl sites for hydroxylation is 1. The summed E-state index contributed by atoms with van der Waals surface area (Å²) in [5.74, 6) is 0.645. The van der Waals surface area contributed by atoms with E-state index in [0.29, 0.717) is 47.7 Å². The minimum absolute atomic E-state index is 0.150. The molecule has 9 nitrogen and oxygen atoms in total. The van der Waals surface area contributed by atoms with Crippen LogP contribution in [0.3, 0.4) is 0 Å². The number of nitrogens with zero attached hydrogens (tertiary/aromatic N) is 3. The van der Waals surface area contributed by atoms with Gasteiger partial charge in [0.2, 0.25) is 10.7 Å². The van der Waals surface area contributed by atoms with E-state index in [1.807, 2.05) is 20.8 Å². The standard InChI is InChI=1S/C20H23N3O6S/c1-5-26-15-8-13(9-16(27-6-2)18(15)28-7-3)19(25)29-11-14-10-17(24)23-20(21-14)30-12(4)22-23/h8-10H,5-7,11H2,1-4H3. The molecular formula is C20H23N3O6S. The minimum Gasteiger partial charge on any atom is -0.490 e. The van der Waals surface area contributed by atoms with Crippen LogP contribution in [0.25, 0.3) is 4.96 Å². The number of carbonyl (C=O) groups is 1. The second-order valence-corrected chi connectivity index (χ2v) is 7.24. The summed E-state index contributed by atoms with van der Waals surface area (Å²) in [5.41, 5.74) is 0.267. The molecule has 1 aromatic carbocycles. The van der Waals surface area contributed by atoms with Gasteiger partial charge in [-0.2, -0.15) is 9.61 Å². The normalized spacial score (nSPS) is 10.8. The van der Waals surface area contributed by atoms with Crippen molar-refractivity contribution in [2.75, 3.05) is 19.8 Å². The Kier molecular flexibility index (Phi) is 6.88. The minimum atomic E-state index is -0.595. The van der Waals surface area contributed by atoms with Gasteiger partial charge in [-0.1, -0.05) is 11.3 Å². The lowest BCUT2D eigenvalue weighted by atomic mass is 10.2. The first kappa shape index (κ1) is 21.6. The van der Waals surface area contributed by atoms with Crippen LogP contribution in [0.1, 0.15) is 41.8 Å². The zero-order chi connectivity index (χ0) is 21.7. The highest BCUT2D eigenvalue weighted by molar-refractivity contribution is 7.16. The summed E-state index contributed by atoms with van der Waals surface area (Å²) in [4.78, 5) is 29.6. The predicted molar refractivity (Wildman–Crippen MR) is 111 cm³/mol. The van der Waals surface area contributed by atoms with Crippen LogP contribution in [0.4, 0.5) is 0 Å². The molecule has 3 rings (SSSR count). The first-order chi connectivity index (χ1) is 14.5. The van der Waals surface area contributed by atoms with Gasteiger partial charge in [-0.3, -0.25) is 4.79 Å². The Morgan fingerprint density at radius 3 is 2.27 bits per heavy atom. The molecule has 0 unspecified atom stereocenters. The van der Waals surface area contributed by atoms with Gasteiger partial charge >= 0.3 is 5.97 Å². The number of esters is 1. The molecule has 0 N–H and O–H groups in total. The molecule has 30 heavy (non-hydrogen) atoms. The molecule has 0 aliphatic heterocycles. The second kappa shape index (κ2) is 9.57. The van der Waals surface area contributed by atoms with E-state index < -0.39 is 5.97 Å². The third-order valence-corrected chi connectivity index (χ3v) is 4.72. The Bertz CT molecular complexity index is 1080. The molecule has 0 aliphatic carbocycles. The molecule has 2 heterocycles. The average Bonchev–Trinajstić information content (AvgIpc) is 3.09. The van der Waals surface area contributed by atoms with E-state index in [0.717, 1.165) is 5.01 Å². The van der Waals surface area contributed by atoms with Gasteiger partial charge < -0.3 is 18.9 Å². The number of aromatic nitrogens is 3. The molecule has 10 heteroatoms. The van der Waals surface area contributed by atoms with Crippen LogP contribution < -0.4 is 19.8 Å². The second-order valence-electron chi connectivity index (χ2n) is 6.08. The van der Waals surface area contributed by atoms with E-state index >= 15 is 0 Å². The lowest BCUT2D eigenvalue weighted by Gasteiger charge is -2.16. The van der Waals surface area contributed by atoms with E-state index in [-0.39, 0.29) is 17.7 Å². The van der Waals surface area contributed by atoms with Crippen molar-refractivity contribution in [1.82, 2.24) is 14.6 Å². The van der Waals surface area contributed by atoms with Crippen molar-refractivity contribution in [3.8, 4) is 17.2 Å². The summed E-state index contributed by atoms with van der Waals surface area (Å²) in [6.45, 7) is 8.37. The Morgan fingerprint density at radius 2 is 1.67 bits per heavy atom. The van der Waals surface area contributed by atoms with Gasteiger partial charge in [-0.05, 0) is 39.8 Å². The number of benzene rings is 1. The monoisotopic (exact) mass is 433 g/mol. The number of fused-ring (bicyclic) bond motifs is 1. The van der Waals surface area contributed by atoms with Crippen molar-refractivity contribution in [2.45, 2.75) is 34.3 Å². The Labute approximate surface area is 177 Å². The number of hydrogen-bond donors (Lipinski definition) is 0. The fourth-order valence-corrected chi connectivity index (χ4v) is 3.52. The van der Waals surface area contributed by atoms with Crippen molar-refractivity contribution < 1.29 is 23.7 Å². The number of hydrogen-bond acceptors (Lipinski definition) is 9. The van der Waals surface area contributed by atoms with Gasteiger partial charge in [0.05, 0.1) is 31.1 Å². The summed E-state index contributed by atoms with van der Waals surface area (Å²) < 4.78 is 23.5. The third-order valence-electron chi connectivity index (χ3n) is 3.90. The number of carbonyl (C=O) groups excluding carboxylic acids is 1. The summed E-state index contributed by atoms with van der Waals surface area (Å²) in [6, 6.07) is 4.41. The van der Waals surface area contributed by atoms with Gasteiger partial charge in [-0.15, -0.1) is 0 Å². The zero-order valence-electron chi connectivity index (χ0n) is 17.3. The van der Waals surface area contributed by atoms with Crippen LogP contribution in [-0.4, -0.2) is 40.4 Å². The van der Waals surface area contributed by atoms with Crippen molar-refractivity contribution in [2.24, 2.45) is 0 Å². The molecule has 3 aromatic rings. The van der Waals surface area contributed by atoms with Crippen molar-refractivity contribution in [1.29, 1.82) is 0 Å². The quantitative estimate of drug-likeness (QED) is 0.475. The molecule has 0 aliphatic rings. The van der Waals surface area contributed by atoms with Gasteiger partial charge in [0, 0.05) is 6.07 Å². The fraction of sp³-hybridized carbons (Fsp3) is 0.400. The van der Waals surface area contributed by atoms with Gasteiger partial charge in [-0.25, -0.2) is 9.78 Å². The molecule has 0 bridgehead atoms. The zero-order valence-corrected chi connectivity index (χ0v) is 18.1. The molecule has 0 saturated carbocycles. The van der Waals surface area contributed by atoms with Crippen LogP contribution in [0.15, 0.2) is 23.0 Å². The van der Waals surface area contributed by atoms with E-state index in [2.05, 4.69) is 10.1 Å². The topological polar surface area (TPSA) is 101 Å². The molecule has 0 atom stereocenters. The molecule has 160 valence electrons. The highest BCUT2D eigenvalue weighted by Crippen LogP contribution is 2.39. The fourth-order valence-electron chi connectivity index (χ4n) is 2.76. The van der Waals surface area contributed by atoms with E-state index in [4.69, 9.17) is 18.9 Å². The number of rotatable bonds is 9. The van der Waals surface area contributed by atoms with E-state index in [9.17, 15) is 9.59 Å². The Hall–Kier alpha value is -3.14. The Balaban J connectivity index is 1.84. The number of ether oxygens (including phenoxy) is 4. The molecular weight excluding hydrogens is 410 g/mol. The maximum atomic E-state index is 12.7. The van der Waals surface area contributed by atoms with Crippen LogP contribution in [0.2, 0.25) is 0 Å². The van der Waals surface area contributed by atoms with Gasteiger partial charge in [0.15, 0.2) is 11.5 Å². The maximum absolute atomic E-state index is 12.7. The molecule has 0 radical (unpaired) electrons. The smallest absolute Gasteiger partial charge is 0.338 e. The van der Waals surface area contributed by atoms with Crippen LogP contribution in [0.5, 0.6) is 17.2 Å². The van der Waals surface area contributed by atoms with Crippen molar-refractivity contribution in [3.05, 3.63) is 44.8 Å². The van der Waals surface area contributed by atoms with Crippen LogP contribution in [0, 0.1) is 6.92 Å². The highest BCUT2D eigenvalue weighted by atomic mass is 32.1. The van der Waals surface area contributed by atoms with Crippen molar-refractivity contribution >= 4 is 22.3 Å². The molecule has 0 amide bonds. The lowest BCUT2D eigenvalue weighted by molar-refractivity contribution is 0.0466. The van der Waals surface area contributed by atoms with Crippen LogP contribution >= 0.6 is 11.3 Å².